The molecule has 2 aliphatic rings. The fourth-order valence-corrected chi connectivity index (χ4v) is 5.70. The standard InChI is InChI=1S/C24H35N5O2/c1-16(2)17-5-7-18(8-6-17)28-12-9-19(10-13-28)29-22(15-31-24(26)30)21(14-25)20-4-3-11-27-23(20)29/h3-4,11,14,16-19,25H,5-10,12-13,15H2,1-2H3,(H2,26,30). The van der Waals surface area contributed by atoms with Crippen molar-refractivity contribution in [1.29, 1.82) is 5.41 Å². The summed E-state index contributed by atoms with van der Waals surface area (Å²) in [5.41, 5.74) is 7.68. The normalized spacial score (nSPS) is 23.3. The Bertz CT molecular complexity index is 921. The van der Waals surface area contributed by atoms with Gasteiger partial charge in [-0.2, -0.15) is 0 Å². The lowest BCUT2D eigenvalue weighted by Gasteiger charge is -2.42. The minimum atomic E-state index is -0.799. The van der Waals surface area contributed by atoms with Gasteiger partial charge in [-0.3, -0.25) is 0 Å². The number of likely N-dealkylation sites (tertiary alicyclic amines) is 1. The van der Waals surface area contributed by atoms with Crippen molar-refractivity contribution < 1.29 is 9.53 Å². The van der Waals surface area contributed by atoms with Crippen molar-refractivity contribution in [2.75, 3.05) is 13.1 Å². The van der Waals surface area contributed by atoms with Crippen LogP contribution in [-0.4, -0.2) is 45.9 Å². The van der Waals surface area contributed by atoms with Gasteiger partial charge in [0.15, 0.2) is 0 Å². The van der Waals surface area contributed by atoms with Crippen LogP contribution in [0.4, 0.5) is 4.79 Å². The molecule has 1 aliphatic heterocycles. The molecule has 3 heterocycles. The van der Waals surface area contributed by atoms with E-state index in [1.807, 2.05) is 12.1 Å². The summed E-state index contributed by atoms with van der Waals surface area (Å²) >= 11 is 0. The van der Waals surface area contributed by atoms with Crippen molar-refractivity contribution in [3.05, 3.63) is 29.6 Å². The Labute approximate surface area is 184 Å². The summed E-state index contributed by atoms with van der Waals surface area (Å²) in [6, 6.07) is 4.86. The molecule has 1 saturated heterocycles. The van der Waals surface area contributed by atoms with Gasteiger partial charge in [0.1, 0.15) is 12.3 Å². The fraction of sp³-hybridized carbons (Fsp3) is 0.625. The molecule has 168 valence electrons. The Morgan fingerprint density at radius 3 is 2.55 bits per heavy atom. The SMILES string of the molecule is CC(C)C1CCC(N2CCC(n3c(COC(N)=O)c(C=N)c4cccnc43)CC2)CC1. The van der Waals surface area contributed by atoms with Crippen LogP contribution in [0.25, 0.3) is 11.0 Å². The van der Waals surface area contributed by atoms with Crippen LogP contribution in [0.1, 0.15) is 69.7 Å². The molecule has 2 aromatic rings. The van der Waals surface area contributed by atoms with Crippen LogP contribution in [0.2, 0.25) is 0 Å². The average Bonchev–Trinajstić information content (AvgIpc) is 3.11. The van der Waals surface area contributed by atoms with Crippen molar-refractivity contribution >= 4 is 23.3 Å². The van der Waals surface area contributed by atoms with E-state index >= 15 is 0 Å². The van der Waals surface area contributed by atoms with Gasteiger partial charge in [0.05, 0.1) is 5.69 Å². The van der Waals surface area contributed by atoms with E-state index < -0.39 is 6.09 Å². The number of rotatable bonds is 6. The summed E-state index contributed by atoms with van der Waals surface area (Å²) in [5.74, 6) is 1.68. The largest absolute Gasteiger partial charge is 0.443 e. The fourth-order valence-electron chi connectivity index (χ4n) is 5.70. The first-order chi connectivity index (χ1) is 15.0. The molecule has 3 N–H and O–H groups in total. The van der Waals surface area contributed by atoms with E-state index in [0.29, 0.717) is 6.04 Å². The molecular weight excluding hydrogens is 390 g/mol. The molecule has 0 radical (unpaired) electrons. The molecule has 0 atom stereocenters. The Kier molecular flexibility index (Phi) is 6.60. The molecule has 7 nitrogen and oxygen atoms in total. The number of amides is 1. The third-order valence-electron chi connectivity index (χ3n) is 7.47. The van der Waals surface area contributed by atoms with Gasteiger partial charge in [-0.1, -0.05) is 13.8 Å². The predicted molar refractivity (Wildman–Crippen MR) is 122 cm³/mol. The first-order valence-electron chi connectivity index (χ1n) is 11.6. The molecule has 0 unspecified atom stereocenters. The zero-order valence-electron chi connectivity index (χ0n) is 18.7. The van der Waals surface area contributed by atoms with Gasteiger partial charge in [-0.25, -0.2) is 9.78 Å². The van der Waals surface area contributed by atoms with E-state index in [9.17, 15) is 4.79 Å². The molecule has 4 rings (SSSR count). The number of fused-ring (bicyclic) bond motifs is 1. The van der Waals surface area contributed by atoms with Crippen LogP contribution >= 0.6 is 0 Å². The molecule has 1 saturated carbocycles. The summed E-state index contributed by atoms with van der Waals surface area (Å²) in [6.07, 6.45) is 9.73. The number of nitrogens with two attached hydrogens (primary N) is 1. The highest BCUT2D eigenvalue weighted by Crippen LogP contribution is 2.36. The number of ether oxygens (including phenoxy) is 1. The van der Waals surface area contributed by atoms with Crippen molar-refractivity contribution in [2.45, 2.75) is 71.1 Å². The second-order valence-corrected chi connectivity index (χ2v) is 9.44. The van der Waals surface area contributed by atoms with Crippen LogP contribution in [0.15, 0.2) is 18.3 Å². The molecule has 1 aliphatic carbocycles. The summed E-state index contributed by atoms with van der Waals surface area (Å²) in [7, 11) is 0. The van der Waals surface area contributed by atoms with E-state index in [1.54, 1.807) is 6.20 Å². The van der Waals surface area contributed by atoms with Gasteiger partial charge < -0.3 is 25.3 Å². The number of pyridine rings is 1. The highest BCUT2D eigenvalue weighted by atomic mass is 16.5. The number of carbonyl (C=O) groups excluding carboxylic acids is 1. The molecular formula is C24H35N5O2. The van der Waals surface area contributed by atoms with Crippen LogP contribution < -0.4 is 5.73 Å². The molecule has 2 aromatic heterocycles. The molecule has 1 amide bonds. The van der Waals surface area contributed by atoms with Gasteiger partial charge in [0.2, 0.25) is 0 Å². The summed E-state index contributed by atoms with van der Waals surface area (Å²) in [5, 5.41) is 8.87. The summed E-state index contributed by atoms with van der Waals surface area (Å²) in [6.45, 7) is 6.92. The maximum absolute atomic E-state index is 11.3. The number of carbonyl (C=O) groups is 1. The third-order valence-corrected chi connectivity index (χ3v) is 7.47. The van der Waals surface area contributed by atoms with E-state index in [0.717, 1.165) is 60.1 Å². The van der Waals surface area contributed by atoms with Crippen molar-refractivity contribution in [3.8, 4) is 0 Å². The lowest BCUT2D eigenvalue weighted by molar-refractivity contribution is 0.0875. The minimum Gasteiger partial charge on any atom is -0.443 e. The Morgan fingerprint density at radius 1 is 1.23 bits per heavy atom. The highest BCUT2D eigenvalue weighted by Gasteiger charge is 2.32. The number of aromatic nitrogens is 2. The molecule has 0 aromatic carbocycles. The van der Waals surface area contributed by atoms with Crippen LogP contribution in [0, 0.1) is 17.2 Å². The smallest absolute Gasteiger partial charge is 0.404 e. The van der Waals surface area contributed by atoms with E-state index in [1.165, 1.54) is 31.9 Å². The second-order valence-electron chi connectivity index (χ2n) is 9.44. The third kappa shape index (κ3) is 4.47. The Balaban J connectivity index is 1.51. The van der Waals surface area contributed by atoms with Crippen LogP contribution in [-0.2, 0) is 11.3 Å². The van der Waals surface area contributed by atoms with Crippen molar-refractivity contribution in [3.63, 3.8) is 0 Å². The van der Waals surface area contributed by atoms with Gasteiger partial charge in [-0.05, 0) is 62.5 Å². The number of primary amides is 1. The quantitative estimate of drug-likeness (QED) is 0.667. The number of nitrogens with zero attached hydrogens (tertiary/aromatic N) is 3. The Morgan fingerprint density at radius 2 is 1.94 bits per heavy atom. The van der Waals surface area contributed by atoms with Gasteiger partial charge >= 0.3 is 6.09 Å². The minimum absolute atomic E-state index is 0.0653. The second kappa shape index (κ2) is 9.39. The predicted octanol–water partition coefficient (Wildman–Crippen LogP) is 4.48. The first kappa shape index (κ1) is 21.8. The zero-order valence-corrected chi connectivity index (χ0v) is 18.7. The number of hydrogen-bond donors (Lipinski definition) is 2. The monoisotopic (exact) mass is 425 g/mol. The lowest BCUT2D eigenvalue weighted by Crippen LogP contribution is -2.44. The molecule has 2 fully saturated rings. The topological polar surface area (TPSA) is 97.2 Å². The number of piperidine rings is 1. The number of nitrogens with one attached hydrogen (secondary N) is 1. The average molecular weight is 426 g/mol. The maximum Gasteiger partial charge on any atom is 0.404 e. The molecule has 31 heavy (non-hydrogen) atoms. The molecule has 7 heteroatoms. The molecule has 0 spiro atoms. The van der Waals surface area contributed by atoms with Crippen LogP contribution in [0.3, 0.4) is 0 Å². The Hall–Kier alpha value is -2.41. The summed E-state index contributed by atoms with van der Waals surface area (Å²) < 4.78 is 7.35. The molecule has 0 bridgehead atoms. The van der Waals surface area contributed by atoms with Crippen LogP contribution in [0.5, 0.6) is 0 Å². The van der Waals surface area contributed by atoms with Crippen molar-refractivity contribution in [1.82, 2.24) is 14.5 Å². The zero-order chi connectivity index (χ0) is 22.0. The maximum atomic E-state index is 11.3. The van der Waals surface area contributed by atoms with E-state index in [-0.39, 0.29) is 12.6 Å². The van der Waals surface area contributed by atoms with Gasteiger partial charge in [0.25, 0.3) is 0 Å². The number of hydrogen-bond acceptors (Lipinski definition) is 5. The van der Waals surface area contributed by atoms with Gasteiger partial charge in [-0.15, -0.1) is 0 Å². The lowest BCUT2D eigenvalue weighted by atomic mass is 9.79. The summed E-state index contributed by atoms with van der Waals surface area (Å²) in [4.78, 5) is 18.6. The first-order valence-corrected chi connectivity index (χ1v) is 11.6. The van der Waals surface area contributed by atoms with E-state index in [4.69, 9.17) is 15.9 Å². The highest BCUT2D eigenvalue weighted by molar-refractivity contribution is 5.98. The van der Waals surface area contributed by atoms with E-state index in [2.05, 4.69) is 28.3 Å². The van der Waals surface area contributed by atoms with Gasteiger partial charge in [0, 0.05) is 48.5 Å². The van der Waals surface area contributed by atoms with Crippen molar-refractivity contribution in [2.24, 2.45) is 17.6 Å².